The second-order valence-electron chi connectivity index (χ2n) is 8.77. The molecular formula is C27H27NO5. The molecule has 3 aromatic rings. The number of rotatable bonds is 6. The van der Waals surface area contributed by atoms with Crippen LogP contribution in [0.25, 0.3) is 11.0 Å². The minimum atomic E-state index is -0.535. The summed E-state index contributed by atoms with van der Waals surface area (Å²) in [7, 11) is 0. The molecular weight excluding hydrogens is 418 g/mol. The zero-order valence-corrected chi connectivity index (χ0v) is 18.9. The largest absolute Gasteiger partial charge is 0.490 e. The first-order chi connectivity index (χ1) is 16.0. The highest BCUT2D eigenvalue weighted by molar-refractivity contribution is 5.99. The third-order valence-corrected chi connectivity index (χ3v) is 6.57. The highest BCUT2D eigenvalue weighted by Crippen LogP contribution is 2.39. The second kappa shape index (κ2) is 8.52. The van der Waals surface area contributed by atoms with E-state index in [-0.39, 0.29) is 23.2 Å². The number of hydrogen-bond acceptors (Lipinski definition) is 5. The van der Waals surface area contributed by atoms with Crippen molar-refractivity contribution in [2.75, 3.05) is 19.8 Å². The van der Waals surface area contributed by atoms with Crippen molar-refractivity contribution in [2.24, 2.45) is 0 Å². The predicted molar refractivity (Wildman–Crippen MR) is 126 cm³/mol. The van der Waals surface area contributed by atoms with Crippen molar-refractivity contribution in [1.82, 2.24) is 4.90 Å². The Hall–Kier alpha value is -3.38. The van der Waals surface area contributed by atoms with Crippen molar-refractivity contribution in [3.05, 3.63) is 87.3 Å². The molecule has 0 bridgehead atoms. The number of ether oxygens (including phenoxy) is 2. The van der Waals surface area contributed by atoms with Gasteiger partial charge in [0.1, 0.15) is 17.9 Å². The van der Waals surface area contributed by atoms with Gasteiger partial charge in [-0.25, -0.2) is 0 Å². The highest BCUT2D eigenvalue weighted by Gasteiger charge is 2.44. The molecule has 2 unspecified atom stereocenters. The van der Waals surface area contributed by atoms with Gasteiger partial charge in [-0.2, -0.15) is 0 Å². The summed E-state index contributed by atoms with van der Waals surface area (Å²) in [6, 6.07) is 10.7. The van der Waals surface area contributed by atoms with Gasteiger partial charge >= 0.3 is 0 Å². The molecule has 170 valence electrons. The van der Waals surface area contributed by atoms with E-state index in [1.54, 1.807) is 11.0 Å². The van der Waals surface area contributed by atoms with Gasteiger partial charge in [-0.05, 0) is 67.6 Å². The van der Waals surface area contributed by atoms with Crippen LogP contribution >= 0.6 is 0 Å². The molecule has 1 fully saturated rings. The molecule has 6 heteroatoms. The van der Waals surface area contributed by atoms with E-state index in [0.717, 1.165) is 29.5 Å². The maximum absolute atomic E-state index is 13.7. The molecule has 2 aliphatic heterocycles. The molecule has 1 amide bonds. The number of hydrogen-bond donors (Lipinski definition) is 0. The molecule has 1 aromatic heterocycles. The monoisotopic (exact) mass is 445 g/mol. The highest BCUT2D eigenvalue weighted by atomic mass is 16.5. The number of nitrogens with zero attached hydrogens (tertiary/aromatic N) is 1. The van der Waals surface area contributed by atoms with Gasteiger partial charge in [0, 0.05) is 13.2 Å². The van der Waals surface area contributed by atoms with Crippen molar-refractivity contribution >= 4 is 16.9 Å². The van der Waals surface area contributed by atoms with Crippen LogP contribution in [0.15, 0.2) is 58.3 Å². The molecule has 0 radical (unpaired) electrons. The Kier molecular flexibility index (Phi) is 5.54. The van der Waals surface area contributed by atoms with Crippen LogP contribution in [0.1, 0.15) is 51.7 Å². The van der Waals surface area contributed by atoms with Gasteiger partial charge in [0.2, 0.25) is 5.76 Å². The SMILES string of the molecule is C=CCOc1ccc(C2c3c(oc4cc(C)c(C)cc4c3=O)C(=O)N2CC2CCCO2)cc1. The summed E-state index contributed by atoms with van der Waals surface area (Å²) >= 11 is 0. The summed E-state index contributed by atoms with van der Waals surface area (Å²) in [6.07, 6.45) is 3.50. The van der Waals surface area contributed by atoms with Crippen LogP contribution in [0.4, 0.5) is 0 Å². The van der Waals surface area contributed by atoms with Crippen molar-refractivity contribution in [3.63, 3.8) is 0 Å². The summed E-state index contributed by atoms with van der Waals surface area (Å²) in [6.45, 7) is 9.11. The molecule has 0 spiro atoms. The molecule has 2 aromatic carbocycles. The molecule has 6 nitrogen and oxygen atoms in total. The van der Waals surface area contributed by atoms with E-state index in [1.807, 2.05) is 50.2 Å². The zero-order valence-electron chi connectivity index (χ0n) is 18.9. The molecule has 0 aliphatic carbocycles. The van der Waals surface area contributed by atoms with E-state index in [2.05, 4.69) is 6.58 Å². The van der Waals surface area contributed by atoms with Crippen molar-refractivity contribution < 1.29 is 18.7 Å². The molecule has 2 aliphatic rings. The maximum atomic E-state index is 13.7. The van der Waals surface area contributed by atoms with Gasteiger partial charge in [0.15, 0.2) is 5.43 Å². The molecule has 3 heterocycles. The van der Waals surface area contributed by atoms with Crippen LogP contribution in [0, 0.1) is 13.8 Å². The molecule has 2 atom stereocenters. The van der Waals surface area contributed by atoms with Crippen LogP contribution in [-0.2, 0) is 4.74 Å². The van der Waals surface area contributed by atoms with Gasteiger partial charge in [-0.3, -0.25) is 9.59 Å². The Morgan fingerprint density at radius 3 is 2.61 bits per heavy atom. The van der Waals surface area contributed by atoms with Gasteiger partial charge in [-0.1, -0.05) is 24.8 Å². The van der Waals surface area contributed by atoms with Crippen molar-refractivity contribution in [1.29, 1.82) is 0 Å². The Balaban J connectivity index is 1.64. The number of benzene rings is 2. The predicted octanol–water partition coefficient (Wildman–Crippen LogP) is 4.70. The fourth-order valence-electron chi connectivity index (χ4n) is 4.72. The Labute approximate surface area is 192 Å². The van der Waals surface area contributed by atoms with Crippen LogP contribution in [0.3, 0.4) is 0 Å². The lowest BCUT2D eigenvalue weighted by Gasteiger charge is -2.27. The lowest BCUT2D eigenvalue weighted by Crippen LogP contribution is -2.36. The summed E-state index contributed by atoms with van der Waals surface area (Å²) < 4.78 is 17.5. The van der Waals surface area contributed by atoms with Gasteiger partial charge < -0.3 is 18.8 Å². The van der Waals surface area contributed by atoms with Crippen molar-refractivity contribution in [2.45, 2.75) is 38.8 Å². The fourth-order valence-corrected chi connectivity index (χ4v) is 4.72. The number of carbonyl (C=O) groups is 1. The minimum absolute atomic E-state index is 0.0463. The normalized spacial score (nSPS) is 19.8. The number of fused-ring (bicyclic) bond motifs is 2. The topological polar surface area (TPSA) is 69.0 Å². The van der Waals surface area contributed by atoms with Crippen LogP contribution in [0.2, 0.25) is 0 Å². The van der Waals surface area contributed by atoms with Crippen LogP contribution < -0.4 is 10.2 Å². The average molecular weight is 446 g/mol. The van der Waals surface area contributed by atoms with Crippen LogP contribution in [-0.4, -0.2) is 36.7 Å². The average Bonchev–Trinajstić information content (AvgIpc) is 3.42. The van der Waals surface area contributed by atoms with E-state index in [0.29, 0.717) is 42.0 Å². The Morgan fingerprint density at radius 1 is 1.15 bits per heavy atom. The first kappa shape index (κ1) is 21.5. The van der Waals surface area contributed by atoms with Gasteiger partial charge in [0.05, 0.1) is 23.1 Å². The lowest BCUT2D eigenvalue weighted by atomic mass is 9.97. The van der Waals surface area contributed by atoms with Gasteiger partial charge in [-0.15, -0.1) is 0 Å². The maximum Gasteiger partial charge on any atom is 0.291 e. The summed E-state index contributed by atoms with van der Waals surface area (Å²) in [5.41, 5.74) is 3.54. The van der Waals surface area contributed by atoms with E-state index >= 15 is 0 Å². The zero-order chi connectivity index (χ0) is 23.1. The van der Waals surface area contributed by atoms with E-state index in [9.17, 15) is 9.59 Å². The number of carbonyl (C=O) groups excluding carboxylic acids is 1. The lowest BCUT2D eigenvalue weighted by molar-refractivity contribution is 0.0486. The summed E-state index contributed by atoms with van der Waals surface area (Å²) in [4.78, 5) is 29.0. The quantitative estimate of drug-likeness (QED) is 0.515. The Bertz CT molecular complexity index is 1280. The molecule has 5 rings (SSSR count). The van der Waals surface area contributed by atoms with Crippen LogP contribution in [0.5, 0.6) is 5.75 Å². The molecule has 0 N–H and O–H groups in total. The molecule has 1 saturated heterocycles. The first-order valence-electron chi connectivity index (χ1n) is 11.3. The standard InChI is InChI=1S/C27H27NO5/c1-4-11-31-19-9-7-18(8-10-19)24-23-25(29)21-13-16(2)17(3)14-22(21)33-26(23)27(30)28(24)15-20-6-5-12-32-20/h4,7-10,13-14,20,24H,1,5-6,11-12,15H2,2-3H3. The smallest absolute Gasteiger partial charge is 0.291 e. The number of aryl methyl sites for hydroxylation is 2. The molecule has 33 heavy (non-hydrogen) atoms. The molecule has 0 saturated carbocycles. The van der Waals surface area contributed by atoms with E-state index in [1.165, 1.54) is 0 Å². The first-order valence-corrected chi connectivity index (χ1v) is 11.3. The van der Waals surface area contributed by atoms with E-state index < -0.39 is 6.04 Å². The van der Waals surface area contributed by atoms with Gasteiger partial charge in [0.25, 0.3) is 5.91 Å². The fraction of sp³-hybridized carbons (Fsp3) is 0.333. The Morgan fingerprint density at radius 2 is 1.91 bits per heavy atom. The summed E-state index contributed by atoms with van der Waals surface area (Å²) in [5, 5.41) is 0.500. The van der Waals surface area contributed by atoms with E-state index in [4.69, 9.17) is 13.9 Å². The second-order valence-corrected chi connectivity index (χ2v) is 8.77. The summed E-state index contributed by atoms with van der Waals surface area (Å²) in [5.74, 6) is 0.561. The van der Waals surface area contributed by atoms with Crippen molar-refractivity contribution in [3.8, 4) is 5.75 Å². The third kappa shape index (κ3) is 3.74. The number of amides is 1. The minimum Gasteiger partial charge on any atom is -0.490 e. The third-order valence-electron chi connectivity index (χ3n) is 6.57.